The van der Waals surface area contributed by atoms with Crippen LogP contribution < -0.4 is 5.32 Å². The topological polar surface area (TPSA) is 86.8 Å². The summed E-state index contributed by atoms with van der Waals surface area (Å²) in [5.41, 5.74) is 0.179. The maximum Gasteiger partial charge on any atom is 0.256 e. The van der Waals surface area contributed by atoms with E-state index < -0.39 is 27.6 Å². The summed E-state index contributed by atoms with van der Waals surface area (Å²) in [4.78, 5) is 26.8. The first-order valence-corrected chi connectivity index (χ1v) is 13.2. The molecule has 0 atom stereocenters. The minimum atomic E-state index is -3.80. The SMILES string of the molecule is O=C(NCc1ccc(S(=O)(=O)N2CCN(C(=O)c3ccc(F)cc3F)CC2)s1)c1ccc(Cl)cc1. The minimum Gasteiger partial charge on any atom is -0.347 e. The van der Waals surface area contributed by atoms with Crippen molar-refractivity contribution >= 4 is 44.8 Å². The zero-order chi connectivity index (χ0) is 25.2. The third kappa shape index (κ3) is 5.69. The van der Waals surface area contributed by atoms with Crippen LogP contribution in [0.15, 0.2) is 58.8 Å². The van der Waals surface area contributed by atoms with Gasteiger partial charge in [0, 0.05) is 47.7 Å². The van der Waals surface area contributed by atoms with Gasteiger partial charge in [-0.2, -0.15) is 4.31 Å². The van der Waals surface area contributed by atoms with Gasteiger partial charge in [-0.05, 0) is 48.5 Å². The van der Waals surface area contributed by atoms with E-state index >= 15 is 0 Å². The molecule has 2 aromatic carbocycles. The monoisotopic (exact) mass is 539 g/mol. The highest BCUT2D eigenvalue weighted by molar-refractivity contribution is 7.91. The molecule has 3 aromatic rings. The Morgan fingerprint density at radius 3 is 2.31 bits per heavy atom. The standard InChI is InChI=1S/C23H20ClF2N3O4S2/c24-16-3-1-15(2-4-16)22(30)27-14-18-6-8-21(34-18)35(32,33)29-11-9-28(10-12-29)23(31)19-7-5-17(25)13-20(19)26/h1-8,13H,9-12,14H2,(H,27,30). The fourth-order valence-electron chi connectivity index (χ4n) is 3.55. The molecule has 4 rings (SSSR count). The second-order valence-corrected chi connectivity index (χ2v) is 11.5. The van der Waals surface area contributed by atoms with Crippen LogP contribution in [0.2, 0.25) is 5.02 Å². The van der Waals surface area contributed by atoms with Gasteiger partial charge in [-0.3, -0.25) is 9.59 Å². The largest absolute Gasteiger partial charge is 0.347 e. The Morgan fingerprint density at radius 2 is 1.66 bits per heavy atom. The van der Waals surface area contributed by atoms with Crippen molar-refractivity contribution in [2.45, 2.75) is 10.8 Å². The lowest BCUT2D eigenvalue weighted by Crippen LogP contribution is -2.50. The van der Waals surface area contributed by atoms with E-state index in [-0.39, 0.29) is 48.4 Å². The predicted octanol–water partition coefficient (Wildman–Crippen LogP) is 3.76. The molecule has 1 aliphatic heterocycles. The molecular formula is C23H20ClF2N3O4S2. The molecular weight excluding hydrogens is 520 g/mol. The molecule has 1 saturated heterocycles. The van der Waals surface area contributed by atoms with Gasteiger partial charge in [-0.1, -0.05) is 11.6 Å². The Bertz CT molecular complexity index is 1360. The number of nitrogens with one attached hydrogen (secondary N) is 1. The van der Waals surface area contributed by atoms with Gasteiger partial charge in [0.05, 0.1) is 12.1 Å². The molecule has 2 amide bonds. The summed E-state index contributed by atoms with van der Waals surface area (Å²) in [6.07, 6.45) is 0. The maximum absolute atomic E-state index is 13.9. The van der Waals surface area contributed by atoms with E-state index in [1.54, 1.807) is 30.3 Å². The molecule has 0 aliphatic carbocycles. The lowest BCUT2D eigenvalue weighted by atomic mass is 10.1. The van der Waals surface area contributed by atoms with Gasteiger partial charge in [-0.15, -0.1) is 11.3 Å². The fraction of sp³-hybridized carbons (Fsp3) is 0.217. The van der Waals surface area contributed by atoms with Gasteiger partial charge >= 0.3 is 0 Å². The molecule has 7 nitrogen and oxygen atoms in total. The summed E-state index contributed by atoms with van der Waals surface area (Å²) in [7, 11) is -3.80. The second kappa shape index (κ2) is 10.4. The van der Waals surface area contributed by atoms with E-state index in [1.165, 1.54) is 15.3 Å². The lowest BCUT2D eigenvalue weighted by molar-refractivity contribution is 0.0693. The predicted molar refractivity (Wildman–Crippen MR) is 128 cm³/mol. The molecule has 0 spiro atoms. The van der Waals surface area contributed by atoms with Gasteiger partial charge in [0.2, 0.25) is 0 Å². The summed E-state index contributed by atoms with van der Waals surface area (Å²) in [5, 5.41) is 3.26. The molecule has 1 aliphatic rings. The average Bonchev–Trinajstić information content (AvgIpc) is 3.33. The molecule has 12 heteroatoms. The van der Waals surface area contributed by atoms with E-state index in [4.69, 9.17) is 11.6 Å². The quantitative estimate of drug-likeness (QED) is 0.517. The Kier molecular flexibility index (Phi) is 7.50. The number of carbonyl (C=O) groups is 2. The van der Waals surface area contributed by atoms with Crippen LogP contribution in [-0.2, 0) is 16.6 Å². The van der Waals surface area contributed by atoms with Gasteiger partial charge < -0.3 is 10.2 Å². The van der Waals surface area contributed by atoms with Crippen LogP contribution in [0.25, 0.3) is 0 Å². The fourth-order valence-corrected chi connectivity index (χ4v) is 6.55. The van der Waals surface area contributed by atoms with Crippen LogP contribution in [0.5, 0.6) is 0 Å². The van der Waals surface area contributed by atoms with Crippen molar-refractivity contribution in [3.63, 3.8) is 0 Å². The molecule has 1 aromatic heterocycles. The van der Waals surface area contributed by atoms with Crippen LogP contribution in [0.1, 0.15) is 25.6 Å². The molecule has 1 fully saturated rings. The van der Waals surface area contributed by atoms with E-state index in [1.807, 2.05) is 0 Å². The normalized spacial score (nSPS) is 14.7. The summed E-state index contributed by atoms with van der Waals surface area (Å²) >= 11 is 6.87. The first-order chi connectivity index (χ1) is 16.6. The number of hydrogen-bond donors (Lipinski definition) is 1. The molecule has 0 radical (unpaired) electrons. The van der Waals surface area contributed by atoms with Crippen LogP contribution in [0.3, 0.4) is 0 Å². The number of thiophene rings is 1. The van der Waals surface area contributed by atoms with Crippen molar-refractivity contribution in [3.05, 3.63) is 87.3 Å². The van der Waals surface area contributed by atoms with Crippen LogP contribution in [0, 0.1) is 11.6 Å². The number of nitrogens with zero attached hydrogens (tertiary/aromatic N) is 2. The Hall–Kier alpha value is -2.86. The molecule has 184 valence electrons. The van der Waals surface area contributed by atoms with Crippen molar-refractivity contribution < 1.29 is 26.8 Å². The van der Waals surface area contributed by atoms with Crippen LogP contribution in [0.4, 0.5) is 8.78 Å². The van der Waals surface area contributed by atoms with Gasteiger partial charge in [0.25, 0.3) is 21.8 Å². The summed E-state index contributed by atoms with van der Waals surface area (Å²) in [6.45, 7) is 0.385. The van der Waals surface area contributed by atoms with Crippen molar-refractivity contribution in [1.82, 2.24) is 14.5 Å². The molecule has 1 N–H and O–H groups in total. The minimum absolute atomic E-state index is 0.0391. The number of amides is 2. The lowest BCUT2D eigenvalue weighted by Gasteiger charge is -2.33. The Labute approximate surface area is 210 Å². The van der Waals surface area contributed by atoms with E-state index in [0.717, 1.165) is 23.5 Å². The summed E-state index contributed by atoms with van der Waals surface area (Å²) in [6, 6.07) is 12.2. The second-order valence-electron chi connectivity index (χ2n) is 7.73. The number of rotatable bonds is 6. The third-order valence-corrected chi connectivity index (χ3v) is 9.15. The highest BCUT2D eigenvalue weighted by atomic mass is 35.5. The smallest absolute Gasteiger partial charge is 0.256 e. The summed E-state index contributed by atoms with van der Waals surface area (Å²) < 4.78 is 54.6. The zero-order valence-corrected chi connectivity index (χ0v) is 20.6. The van der Waals surface area contributed by atoms with Crippen LogP contribution >= 0.6 is 22.9 Å². The number of halogens is 3. The highest BCUT2D eigenvalue weighted by Crippen LogP contribution is 2.26. The van der Waals surface area contributed by atoms with Crippen molar-refractivity contribution in [2.24, 2.45) is 0 Å². The Balaban J connectivity index is 1.35. The maximum atomic E-state index is 13.9. The molecule has 0 saturated carbocycles. The molecule has 0 bridgehead atoms. The average molecular weight is 540 g/mol. The number of carbonyl (C=O) groups excluding carboxylic acids is 2. The van der Waals surface area contributed by atoms with Crippen molar-refractivity contribution in [1.29, 1.82) is 0 Å². The van der Waals surface area contributed by atoms with Gasteiger partial charge in [-0.25, -0.2) is 17.2 Å². The van der Waals surface area contributed by atoms with E-state index in [0.29, 0.717) is 21.5 Å². The first kappa shape index (κ1) is 25.2. The number of benzene rings is 2. The molecule has 2 heterocycles. The Morgan fingerprint density at radius 1 is 0.971 bits per heavy atom. The third-order valence-electron chi connectivity index (χ3n) is 5.45. The van der Waals surface area contributed by atoms with Crippen molar-refractivity contribution in [3.8, 4) is 0 Å². The first-order valence-electron chi connectivity index (χ1n) is 10.5. The number of sulfonamides is 1. The van der Waals surface area contributed by atoms with Gasteiger partial charge in [0.1, 0.15) is 15.8 Å². The summed E-state index contributed by atoms with van der Waals surface area (Å²) in [5.74, 6) is -2.67. The van der Waals surface area contributed by atoms with E-state index in [9.17, 15) is 26.8 Å². The number of piperazine rings is 1. The zero-order valence-electron chi connectivity index (χ0n) is 18.2. The molecule has 0 unspecified atom stereocenters. The van der Waals surface area contributed by atoms with Gasteiger partial charge in [0.15, 0.2) is 0 Å². The van der Waals surface area contributed by atoms with Crippen molar-refractivity contribution in [2.75, 3.05) is 26.2 Å². The molecule has 35 heavy (non-hydrogen) atoms. The number of hydrogen-bond acceptors (Lipinski definition) is 5. The highest BCUT2D eigenvalue weighted by Gasteiger charge is 2.32. The van der Waals surface area contributed by atoms with E-state index in [2.05, 4.69) is 5.32 Å². The van der Waals surface area contributed by atoms with Crippen LogP contribution in [-0.4, -0.2) is 55.6 Å².